The predicted octanol–water partition coefficient (Wildman–Crippen LogP) is 5.64. The van der Waals surface area contributed by atoms with Gasteiger partial charge < -0.3 is 18.9 Å². The molecular formula is C31H21F3O6. The quantitative estimate of drug-likeness (QED) is 0.158. The molecule has 40 heavy (non-hydrogen) atoms. The summed E-state index contributed by atoms with van der Waals surface area (Å²) in [6.07, 6.45) is -2.63. The van der Waals surface area contributed by atoms with Crippen LogP contribution in [0.2, 0.25) is 0 Å². The van der Waals surface area contributed by atoms with Crippen molar-refractivity contribution in [2.75, 3.05) is 13.6 Å². The third-order valence-corrected chi connectivity index (χ3v) is 4.91. The number of hydrogen-bond acceptors (Lipinski definition) is 6. The number of rotatable bonds is 8. The summed E-state index contributed by atoms with van der Waals surface area (Å²) >= 11 is 0. The van der Waals surface area contributed by atoms with Crippen LogP contribution >= 0.6 is 0 Å². The van der Waals surface area contributed by atoms with Crippen LogP contribution in [0.5, 0.6) is 11.5 Å². The van der Waals surface area contributed by atoms with E-state index in [-0.39, 0.29) is 24.7 Å². The Morgan fingerprint density at radius 3 is 1.55 bits per heavy atom. The zero-order chi connectivity index (χ0) is 29.0. The summed E-state index contributed by atoms with van der Waals surface area (Å²) in [6.45, 7) is 5.94. The lowest BCUT2D eigenvalue weighted by molar-refractivity contribution is -0.145. The summed E-state index contributed by atoms with van der Waals surface area (Å²) in [4.78, 5) is 22.0. The molecule has 0 saturated heterocycles. The van der Waals surface area contributed by atoms with E-state index in [9.17, 15) is 22.8 Å². The maximum atomic E-state index is 13.8. The molecule has 0 aliphatic rings. The minimum atomic E-state index is -4.64. The van der Waals surface area contributed by atoms with Crippen LogP contribution in [-0.2, 0) is 25.2 Å². The molecule has 0 atom stereocenters. The van der Waals surface area contributed by atoms with E-state index in [4.69, 9.17) is 18.9 Å². The van der Waals surface area contributed by atoms with Crippen molar-refractivity contribution in [2.45, 2.75) is 6.18 Å². The van der Waals surface area contributed by atoms with Crippen LogP contribution in [0.25, 0.3) is 0 Å². The molecule has 0 aliphatic heterocycles. The molecule has 0 unspecified atom stereocenters. The van der Waals surface area contributed by atoms with E-state index in [1.165, 1.54) is 12.1 Å². The minimum Gasteiger partial charge on any atom is -0.457 e. The Morgan fingerprint density at radius 2 is 1.10 bits per heavy atom. The van der Waals surface area contributed by atoms with Crippen molar-refractivity contribution in [3.8, 4) is 35.2 Å². The highest BCUT2D eigenvalue weighted by molar-refractivity contribution is 5.81. The normalized spacial score (nSPS) is 10.1. The van der Waals surface area contributed by atoms with Gasteiger partial charge in [-0.2, -0.15) is 13.2 Å². The molecule has 0 bridgehead atoms. The first-order valence-corrected chi connectivity index (χ1v) is 11.5. The Kier molecular flexibility index (Phi) is 10.2. The third-order valence-electron chi connectivity index (χ3n) is 4.91. The lowest BCUT2D eigenvalue weighted by Crippen LogP contribution is -2.08. The van der Waals surface area contributed by atoms with Crippen LogP contribution in [0.1, 0.15) is 27.8 Å². The number of hydrogen-bond donors (Lipinski definition) is 0. The van der Waals surface area contributed by atoms with E-state index in [1.54, 1.807) is 48.5 Å². The second-order valence-corrected chi connectivity index (χ2v) is 7.67. The number of ether oxygens (including phenoxy) is 4. The van der Waals surface area contributed by atoms with Gasteiger partial charge in [-0.1, -0.05) is 36.8 Å². The highest BCUT2D eigenvalue weighted by Gasteiger charge is 2.33. The maximum Gasteiger partial charge on any atom is 0.417 e. The van der Waals surface area contributed by atoms with E-state index in [0.29, 0.717) is 22.6 Å². The fourth-order valence-electron chi connectivity index (χ4n) is 2.95. The summed E-state index contributed by atoms with van der Waals surface area (Å²) in [5.74, 6) is 10.3. The van der Waals surface area contributed by atoms with Gasteiger partial charge in [0.2, 0.25) is 13.6 Å². The minimum absolute atomic E-state index is 0.160. The molecule has 0 N–H and O–H groups in total. The van der Waals surface area contributed by atoms with Crippen molar-refractivity contribution in [3.63, 3.8) is 0 Å². The van der Waals surface area contributed by atoms with Crippen molar-refractivity contribution >= 4 is 11.9 Å². The van der Waals surface area contributed by atoms with Crippen molar-refractivity contribution in [1.29, 1.82) is 0 Å². The summed E-state index contributed by atoms with van der Waals surface area (Å²) in [5.41, 5.74) is 0.0491. The first-order valence-electron chi connectivity index (χ1n) is 11.5. The molecule has 0 aliphatic carbocycles. The lowest BCUT2D eigenvalue weighted by atomic mass is 10.0. The van der Waals surface area contributed by atoms with Gasteiger partial charge in [0.15, 0.2) is 0 Å². The van der Waals surface area contributed by atoms with Crippen LogP contribution in [0.3, 0.4) is 0 Å². The third kappa shape index (κ3) is 9.16. The number of benzene rings is 3. The summed E-state index contributed by atoms with van der Waals surface area (Å²) < 4.78 is 61.2. The number of carbonyl (C=O) groups excluding carboxylic acids is 2. The summed E-state index contributed by atoms with van der Waals surface area (Å²) in [7, 11) is 0. The standard InChI is InChI=1S/C31H21F3O6/c1-3-29(35)39-20-37-26-15-9-22(10-16-26)5-6-24-8-14-25(28(19-24)31(32,33)34)13-7-23-11-17-27(18-12-23)38-21-40-30(36)4-2/h3-4,8-12,14-19H,1-2,20-21H2. The van der Waals surface area contributed by atoms with Crippen molar-refractivity contribution < 1.29 is 41.7 Å². The van der Waals surface area contributed by atoms with Gasteiger partial charge in [0.25, 0.3) is 0 Å². The molecule has 202 valence electrons. The molecule has 9 heteroatoms. The van der Waals surface area contributed by atoms with Crippen LogP contribution in [-0.4, -0.2) is 25.5 Å². The number of esters is 2. The predicted molar refractivity (Wildman–Crippen MR) is 140 cm³/mol. The van der Waals surface area contributed by atoms with E-state index >= 15 is 0 Å². The smallest absolute Gasteiger partial charge is 0.417 e. The molecule has 3 aromatic rings. The Bertz CT molecular complexity index is 1500. The zero-order valence-electron chi connectivity index (χ0n) is 20.9. The van der Waals surface area contributed by atoms with Crippen molar-refractivity contribution in [2.24, 2.45) is 0 Å². The Balaban J connectivity index is 1.70. The van der Waals surface area contributed by atoms with Gasteiger partial charge in [-0.05, 0) is 66.7 Å². The fraction of sp³-hybridized carbons (Fsp3) is 0.0968. The van der Waals surface area contributed by atoms with Gasteiger partial charge in [0.05, 0.1) is 5.56 Å². The monoisotopic (exact) mass is 546 g/mol. The Hall–Kier alpha value is -5.41. The van der Waals surface area contributed by atoms with Crippen LogP contribution in [0.15, 0.2) is 92.0 Å². The molecule has 3 aromatic carbocycles. The van der Waals surface area contributed by atoms with E-state index in [0.717, 1.165) is 18.2 Å². The first kappa shape index (κ1) is 29.2. The fourth-order valence-corrected chi connectivity index (χ4v) is 2.95. The number of carbonyl (C=O) groups is 2. The molecule has 0 amide bonds. The zero-order valence-corrected chi connectivity index (χ0v) is 20.9. The van der Waals surface area contributed by atoms with Crippen molar-refractivity contribution in [3.05, 3.63) is 120 Å². The Labute approximate surface area is 228 Å². The van der Waals surface area contributed by atoms with Gasteiger partial charge >= 0.3 is 18.1 Å². The molecule has 0 fully saturated rings. The van der Waals surface area contributed by atoms with Gasteiger partial charge in [0, 0.05) is 34.4 Å². The molecule has 0 heterocycles. The average molecular weight is 546 g/mol. The van der Waals surface area contributed by atoms with Crippen LogP contribution in [0, 0.1) is 23.7 Å². The van der Waals surface area contributed by atoms with E-state index < -0.39 is 23.7 Å². The number of halogens is 3. The SMILES string of the molecule is C=CC(=O)OCOc1ccc(C#Cc2ccc(C#Cc3ccc(OCOC(=O)C=C)cc3)c(C(F)(F)F)c2)cc1. The molecule has 3 rings (SSSR count). The molecule has 0 aromatic heterocycles. The highest BCUT2D eigenvalue weighted by atomic mass is 19.4. The van der Waals surface area contributed by atoms with Gasteiger partial charge in [-0.3, -0.25) is 0 Å². The summed E-state index contributed by atoms with van der Waals surface area (Å²) in [5, 5.41) is 0. The highest BCUT2D eigenvalue weighted by Crippen LogP contribution is 2.32. The van der Waals surface area contributed by atoms with Gasteiger partial charge in [-0.15, -0.1) is 0 Å². The first-order chi connectivity index (χ1) is 19.2. The molecule has 0 saturated carbocycles. The van der Waals surface area contributed by atoms with Crippen LogP contribution in [0.4, 0.5) is 13.2 Å². The topological polar surface area (TPSA) is 71.1 Å². The maximum absolute atomic E-state index is 13.8. The van der Waals surface area contributed by atoms with E-state index in [1.807, 2.05) is 0 Å². The van der Waals surface area contributed by atoms with Gasteiger partial charge in [0.1, 0.15) is 11.5 Å². The number of alkyl halides is 3. The summed E-state index contributed by atoms with van der Waals surface area (Å²) in [6, 6.07) is 16.3. The second-order valence-electron chi connectivity index (χ2n) is 7.67. The largest absolute Gasteiger partial charge is 0.457 e. The Morgan fingerprint density at radius 1 is 0.675 bits per heavy atom. The lowest BCUT2D eigenvalue weighted by Gasteiger charge is -2.09. The average Bonchev–Trinajstić information content (AvgIpc) is 2.95. The molecular weight excluding hydrogens is 525 g/mol. The molecule has 0 radical (unpaired) electrons. The molecule has 6 nitrogen and oxygen atoms in total. The molecule has 0 spiro atoms. The van der Waals surface area contributed by atoms with E-state index in [2.05, 4.69) is 36.8 Å². The van der Waals surface area contributed by atoms with Crippen molar-refractivity contribution in [1.82, 2.24) is 0 Å². The van der Waals surface area contributed by atoms with Crippen LogP contribution < -0.4 is 9.47 Å². The second kappa shape index (κ2) is 13.9. The van der Waals surface area contributed by atoms with Gasteiger partial charge in [-0.25, -0.2) is 9.59 Å².